The van der Waals surface area contributed by atoms with E-state index in [1.54, 1.807) is 0 Å². The molecule has 12 heavy (non-hydrogen) atoms. The molecule has 5 nitrogen and oxygen atoms in total. The molecule has 1 aliphatic heterocycles. The molecule has 0 aromatic heterocycles. The molecule has 1 saturated heterocycles. The zero-order valence-electron chi connectivity index (χ0n) is 6.58. The van der Waals surface area contributed by atoms with E-state index in [0.717, 1.165) is 19.4 Å². The summed E-state index contributed by atoms with van der Waals surface area (Å²) in [5, 5.41) is 11.1. The summed E-state index contributed by atoms with van der Waals surface area (Å²) in [6.07, 6.45) is 1.67. The number of hydrogen-bond acceptors (Lipinski definition) is 4. The fourth-order valence-electron chi connectivity index (χ4n) is 1.12. The van der Waals surface area contributed by atoms with Crippen LogP contribution in [0.2, 0.25) is 0 Å². The van der Waals surface area contributed by atoms with Crippen molar-refractivity contribution < 1.29 is 19.4 Å². The van der Waals surface area contributed by atoms with E-state index in [0.29, 0.717) is 0 Å². The van der Waals surface area contributed by atoms with Crippen molar-refractivity contribution in [1.29, 1.82) is 0 Å². The Morgan fingerprint density at radius 3 is 2.83 bits per heavy atom. The zero-order valence-corrected chi connectivity index (χ0v) is 6.58. The minimum Gasteiger partial charge on any atom is -0.479 e. The summed E-state index contributed by atoms with van der Waals surface area (Å²) >= 11 is 0. The van der Waals surface area contributed by atoms with Gasteiger partial charge in [-0.1, -0.05) is 0 Å². The molecule has 1 fully saturated rings. The Hall–Kier alpha value is -1.10. The first-order chi connectivity index (χ1) is 5.70. The van der Waals surface area contributed by atoms with Crippen LogP contribution in [0.15, 0.2) is 0 Å². The molecule has 0 radical (unpaired) electrons. The van der Waals surface area contributed by atoms with Crippen molar-refractivity contribution in [2.24, 2.45) is 0 Å². The maximum Gasteiger partial charge on any atom is 0.341 e. The standard InChI is InChI=1S/C7H11NO4/c9-6(10)4-12-7(11)5-2-1-3-8-5/h5,8H,1-4H2,(H,9,10)/t5-/m0/s1. The second-order valence-electron chi connectivity index (χ2n) is 2.65. The SMILES string of the molecule is O=C(O)COC(=O)[C@@H]1CCCN1. The van der Waals surface area contributed by atoms with Crippen LogP contribution in [0.5, 0.6) is 0 Å². The molecule has 0 aromatic carbocycles. The van der Waals surface area contributed by atoms with Crippen LogP contribution >= 0.6 is 0 Å². The number of rotatable bonds is 3. The Morgan fingerprint density at radius 2 is 2.33 bits per heavy atom. The number of carboxylic acid groups (broad SMARTS) is 1. The first-order valence-corrected chi connectivity index (χ1v) is 3.82. The van der Waals surface area contributed by atoms with Crippen molar-refractivity contribution in [3.8, 4) is 0 Å². The average Bonchev–Trinajstić information content (AvgIpc) is 2.51. The van der Waals surface area contributed by atoms with Gasteiger partial charge in [0.2, 0.25) is 0 Å². The maximum absolute atomic E-state index is 11.0. The molecule has 1 rings (SSSR count). The normalized spacial score (nSPS) is 22.2. The van der Waals surface area contributed by atoms with Gasteiger partial charge in [-0.25, -0.2) is 4.79 Å². The Balaban J connectivity index is 2.23. The van der Waals surface area contributed by atoms with Crippen LogP contribution in [0.1, 0.15) is 12.8 Å². The van der Waals surface area contributed by atoms with E-state index >= 15 is 0 Å². The fraction of sp³-hybridized carbons (Fsp3) is 0.714. The number of carboxylic acids is 1. The molecular formula is C7H11NO4. The highest BCUT2D eigenvalue weighted by atomic mass is 16.6. The molecule has 0 aromatic rings. The Labute approximate surface area is 69.7 Å². The lowest BCUT2D eigenvalue weighted by Gasteiger charge is -2.07. The predicted molar refractivity (Wildman–Crippen MR) is 39.6 cm³/mol. The number of carbonyl (C=O) groups excluding carboxylic acids is 1. The quantitative estimate of drug-likeness (QED) is 0.555. The molecule has 2 N–H and O–H groups in total. The van der Waals surface area contributed by atoms with Gasteiger partial charge in [0.1, 0.15) is 6.04 Å². The molecule has 0 spiro atoms. The lowest BCUT2D eigenvalue weighted by atomic mass is 10.2. The summed E-state index contributed by atoms with van der Waals surface area (Å²) in [5.41, 5.74) is 0. The van der Waals surface area contributed by atoms with Crippen molar-refractivity contribution in [1.82, 2.24) is 5.32 Å². The lowest BCUT2D eigenvalue weighted by Crippen LogP contribution is -2.33. The van der Waals surface area contributed by atoms with Crippen LogP contribution < -0.4 is 5.32 Å². The van der Waals surface area contributed by atoms with Gasteiger partial charge in [-0.15, -0.1) is 0 Å². The van der Waals surface area contributed by atoms with Crippen molar-refractivity contribution >= 4 is 11.9 Å². The molecule has 0 saturated carbocycles. The number of nitrogens with one attached hydrogen (secondary N) is 1. The van der Waals surface area contributed by atoms with Gasteiger partial charge in [-0.2, -0.15) is 0 Å². The van der Waals surface area contributed by atoms with Gasteiger partial charge >= 0.3 is 11.9 Å². The van der Waals surface area contributed by atoms with Gasteiger partial charge in [0.15, 0.2) is 6.61 Å². The number of carbonyl (C=O) groups is 2. The smallest absolute Gasteiger partial charge is 0.341 e. The highest BCUT2D eigenvalue weighted by Gasteiger charge is 2.23. The van der Waals surface area contributed by atoms with Gasteiger partial charge in [-0.3, -0.25) is 4.79 Å². The molecule has 0 bridgehead atoms. The number of aliphatic carboxylic acids is 1. The van der Waals surface area contributed by atoms with Crippen LogP contribution in [0.4, 0.5) is 0 Å². The van der Waals surface area contributed by atoms with Gasteiger partial charge in [0.25, 0.3) is 0 Å². The van der Waals surface area contributed by atoms with Crippen molar-refractivity contribution in [3.05, 3.63) is 0 Å². The second kappa shape index (κ2) is 4.06. The summed E-state index contributed by atoms with van der Waals surface area (Å²) in [5.74, 6) is -1.59. The molecule has 0 aliphatic carbocycles. The fourth-order valence-corrected chi connectivity index (χ4v) is 1.12. The molecule has 1 aliphatic rings. The summed E-state index contributed by atoms with van der Waals surface area (Å²) in [6.45, 7) is 0.254. The maximum atomic E-state index is 11.0. The molecular weight excluding hydrogens is 162 g/mol. The third-order valence-electron chi connectivity index (χ3n) is 1.68. The highest BCUT2D eigenvalue weighted by Crippen LogP contribution is 2.05. The summed E-state index contributed by atoms with van der Waals surface area (Å²) in [6, 6.07) is -0.302. The number of hydrogen-bond donors (Lipinski definition) is 2. The van der Waals surface area contributed by atoms with E-state index in [1.165, 1.54) is 0 Å². The number of ether oxygens (including phenoxy) is 1. The van der Waals surface area contributed by atoms with E-state index in [-0.39, 0.29) is 6.04 Å². The minimum absolute atomic E-state index is 0.302. The molecule has 1 heterocycles. The van der Waals surface area contributed by atoms with Crippen molar-refractivity contribution in [3.63, 3.8) is 0 Å². The summed E-state index contributed by atoms with van der Waals surface area (Å²) in [7, 11) is 0. The highest BCUT2D eigenvalue weighted by molar-refractivity contribution is 5.79. The van der Waals surface area contributed by atoms with E-state index in [1.807, 2.05) is 0 Å². The third-order valence-corrected chi connectivity index (χ3v) is 1.68. The van der Waals surface area contributed by atoms with E-state index in [9.17, 15) is 9.59 Å². The van der Waals surface area contributed by atoms with E-state index in [4.69, 9.17) is 5.11 Å². The van der Waals surface area contributed by atoms with Crippen LogP contribution in [0.25, 0.3) is 0 Å². The molecule has 0 amide bonds. The largest absolute Gasteiger partial charge is 0.479 e. The van der Waals surface area contributed by atoms with Gasteiger partial charge in [0, 0.05) is 0 Å². The molecule has 68 valence electrons. The first kappa shape index (κ1) is 8.99. The minimum atomic E-state index is -1.12. The Kier molecular flexibility index (Phi) is 3.04. The van der Waals surface area contributed by atoms with Gasteiger partial charge in [0.05, 0.1) is 0 Å². The van der Waals surface area contributed by atoms with E-state index in [2.05, 4.69) is 10.1 Å². The van der Waals surface area contributed by atoms with Gasteiger partial charge in [-0.05, 0) is 19.4 Å². The first-order valence-electron chi connectivity index (χ1n) is 3.82. The monoisotopic (exact) mass is 173 g/mol. The molecule has 0 unspecified atom stereocenters. The summed E-state index contributed by atoms with van der Waals surface area (Å²) in [4.78, 5) is 21.0. The van der Waals surface area contributed by atoms with Crippen LogP contribution in [-0.2, 0) is 14.3 Å². The Bertz CT molecular complexity index is 186. The van der Waals surface area contributed by atoms with Crippen molar-refractivity contribution in [2.45, 2.75) is 18.9 Å². The topological polar surface area (TPSA) is 75.6 Å². The average molecular weight is 173 g/mol. The number of esters is 1. The second-order valence-corrected chi connectivity index (χ2v) is 2.65. The Morgan fingerprint density at radius 1 is 1.58 bits per heavy atom. The lowest BCUT2D eigenvalue weighted by molar-refractivity contribution is -0.156. The van der Waals surface area contributed by atoms with Crippen LogP contribution in [0.3, 0.4) is 0 Å². The summed E-state index contributed by atoms with van der Waals surface area (Å²) < 4.78 is 4.49. The predicted octanol–water partition coefficient (Wildman–Crippen LogP) is -0.634. The molecule has 1 atom stereocenters. The zero-order chi connectivity index (χ0) is 8.97. The third kappa shape index (κ3) is 2.50. The van der Waals surface area contributed by atoms with Crippen LogP contribution in [0, 0.1) is 0 Å². The van der Waals surface area contributed by atoms with E-state index < -0.39 is 18.5 Å². The molecule has 5 heteroatoms. The van der Waals surface area contributed by atoms with Gasteiger partial charge < -0.3 is 15.2 Å². The van der Waals surface area contributed by atoms with Crippen LogP contribution in [-0.4, -0.2) is 36.2 Å². The van der Waals surface area contributed by atoms with Crippen molar-refractivity contribution in [2.75, 3.05) is 13.2 Å².